The van der Waals surface area contributed by atoms with Gasteiger partial charge in [0.25, 0.3) is 5.91 Å². The number of nitrogens with zero attached hydrogens (tertiary/aromatic N) is 2. The lowest BCUT2D eigenvalue weighted by Crippen LogP contribution is -2.29. The van der Waals surface area contributed by atoms with E-state index in [0.717, 1.165) is 24.0 Å². The van der Waals surface area contributed by atoms with Gasteiger partial charge in [0, 0.05) is 25.4 Å². The quantitative estimate of drug-likeness (QED) is 0.769. The molecule has 1 aromatic heterocycles. The second-order valence-electron chi connectivity index (χ2n) is 5.56. The van der Waals surface area contributed by atoms with Gasteiger partial charge < -0.3 is 15.4 Å². The molecule has 1 saturated heterocycles. The number of para-hydroxylation sites is 1. The number of halogens is 3. The van der Waals surface area contributed by atoms with E-state index in [0.29, 0.717) is 29.7 Å². The maximum atomic E-state index is 12.4. The van der Waals surface area contributed by atoms with Crippen LogP contribution >= 0.6 is 40.7 Å². The van der Waals surface area contributed by atoms with E-state index in [1.54, 1.807) is 18.3 Å². The molecule has 2 N–H and O–H groups in total. The largest absolute Gasteiger partial charge is 0.438 e. The Morgan fingerprint density at radius 2 is 2.04 bits per heavy atom. The zero-order valence-corrected chi connectivity index (χ0v) is 16.6. The number of rotatable bonds is 4. The van der Waals surface area contributed by atoms with Gasteiger partial charge in [-0.05, 0) is 53.0 Å². The van der Waals surface area contributed by atoms with E-state index in [1.165, 1.54) is 0 Å². The van der Waals surface area contributed by atoms with Crippen molar-refractivity contribution in [3.63, 3.8) is 0 Å². The number of hydrogen-bond acceptors (Lipinski definition) is 4. The Morgan fingerprint density at radius 1 is 1.28 bits per heavy atom. The highest BCUT2D eigenvalue weighted by molar-refractivity contribution is 9.10. The van der Waals surface area contributed by atoms with E-state index >= 15 is 0 Å². The molecule has 0 bridgehead atoms. The molecule has 1 aliphatic rings. The number of aromatic nitrogens is 1. The summed E-state index contributed by atoms with van der Waals surface area (Å²) in [6.45, 7) is 2.11. The van der Waals surface area contributed by atoms with Gasteiger partial charge in [-0.15, -0.1) is 24.8 Å². The van der Waals surface area contributed by atoms with Crippen LogP contribution in [0.1, 0.15) is 16.8 Å². The highest BCUT2D eigenvalue weighted by atomic mass is 79.9. The molecule has 0 aliphatic carbocycles. The first-order valence-corrected chi connectivity index (χ1v) is 8.34. The summed E-state index contributed by atoms with van der Waals surface area (Å²) in [5, 5.41) is 0. The smallest absolute Gasteiger partial charge is 0.255 e. The monoisotopic (exact) mass is 447 g/mol. The second-order valence-corrected chi connectivity index (χ2v) is 6.41. The highest BCUT2D eigenvalue weighted by Gasteiger charge is 2.26. The van der Waals surface area contributed by atoms with Crippen molar-refractivity contribution in [1.29, 1.82) is 0 Å². The minimum Gasteiger partial charge on any atom is -0.438 e. The first-order chi connectivity index (χ1) is 11.2. The van der Waals surface area contributed by atoms with Crippen LogP contribution in [-0.2, 0) is 0 Å². The Balaban J connectivity index is 0.00000156. The number of pyridine rings is 1. The molecule has 3 rings (SSSR count). The van der Waals surface area contributed by atoms with Crippen molar-refractivity contribution < 1.29 is 9.53 Å². The summed E-state index contributed by atoms with van der Waals surface area (Å²) in [6, 6.07) is 11.0. The summed E-state index contributed by atoms with van der Waals surface area (Å²) in [5.74, 6) is 1.55. The van der Waals surface area contributed by atoms with Crippen molar-refractivity contribution in [3.8, 4) is 11.6 Å². The fourth-order valence-electron chi connectivity index (χ4n) is 2.60. The SMILES string of the molecule is Cl.Cl.NCC1CCN(C(=O)c2ccc(Oc3ccccc3Br)nc2)C1. The zero-order chi connectivity index (χ0) is 16.2. The van der Waals surface area contributed by atoms with Crippen molar-refractivity contribution in [2.45, 2.75) is 6.42 Å². The molecule has 25 heavy (non-hydrogen) atoms. The van der Waals surface area contributed by atoms with Crippen LogP contribution in [0.4, 0.5) is 0 Å². The zero-order valence-electron chi connectivity index (χ0n) is 13.4. The molecule has 8 heteroatoms. The van der Waals surface area contributed by atoms with Gasteiger partial charge in [-0.3, -0.25) is 4.79 Å². The molecule has 0 radical (unpaired) electrons. The van der Waals surface area contributed by atoms with Gasteiger partial charge in [0.15, 0.2) is 0 Å². The third-order valence-corrected chi connectivity index (χ3v) is 4.60. The molecular weight excluding hydrogens is 429 g/mol. The number of amides is 1. The summed E-state index contributed by atoms with van der Waals surface area (Å²) in [5.41, 5.74) is 6.24. The molecule has 1 aliphatic heterocycles. The first kappa shape index (κ1) is 21.7. The molecule has 0 saturated carbocycles. The van der Waals surface area contributed by atoms with Gasteiger partial charge >= 0.3 is 0 Å². The lowest BCUT2D eigenvalue weighted by atomic mass is 10.1. The van der Waals surface area contributed by atoms with Crippen molar-refractivity contribution in [2.75, 3.05) is 19.6 Å². The molecule has 1 fully saturated rings. The number of benzene rings is 1. The molecule has 1 unspecified atom stereocenters. The number of ether oxygens (including phenoxy) is 1. The van der Waals surface area contributed by atoms with Crippen molar-refractivity contribution in [3.05, 3.63) is 52.6 Å². The Morgan fingerprint density at radius 3 is 2.64 bits per heavy atom. The number of likely N-dealkylation sites (tertiary alicyclic amines) is 1. The van der Waals surface area contributed by atoms with Crippen LogP contribution in [0, 0.1) is 5.92 Å². The molecule has 1 aromatic carbocycles. The van der Waals surface area contributed by atoms with E-state index in [-0.39, 0.29) is 30.7 Å². The van der Waals surface area contributed by atoms with Gasteiger partial charge in [-0.25, -0.2) is 4.98 Å². The summed E-state index contributed by atoms with van der Waals surface area (Å²) in [7, 11) is 0. The summed E-state index contributed by atoms with van der Waals surface area (Å²) in [6.07, 6.45) is 2.53. The normalized spacial score (nSPS) is 15.9. The molecule has 1 amide bonds. The number of carbonyl (C=O) groups is 1. The molecule has 0 spiro atoms. The highest BCUT2D eigenvalue weighted by Crippen LogP contribution is 2.28. The summed E-state index contributed by atoms with van der Waals surface area (Å²) in [4.78, 5) is 18.5. The van der Waals surface area contributed by atoms with Crippen LogP contribution in [0.3, 0.4) is 0 Å². The lowest BCUT2D eigenvalue weighted by Gasteiger charge is -2.16. The Hall–Kier alpha value is -1.34. The maximum absolute atomic E-state index is 12.4. The average molecular weight is 449 g/mol. The van der Waals surface area contributed by atoms with Crippen LogP contribution in [0.15, 0.2) is 47.1 Å². The Labute approximate surface area is 167 Å². The summed E-state index contributed by atoms with van der Waals surface area (Å²) < 4.78 is 6.56. The van der Waals surface area contributed by atoms with Gasteiger partial charge in [-0.1, -0.05) is 12.1 Å². The van der Waals surface area contributed by atoms with Crippen LogP contribution < -0.4 is 10.5 Å². The average Bonchev–Trinajstić information content (AvgIpc) is 3.06. The molecule has 1 atom stereocenters. The van der Waals surface area contributed by atoms with E-state index in [9.17, 15) is 4.79 Å². The fourth-order valence-corrected chi connectivity index (χ4v) is 2.97. The standard InChI is InChI=1S/C17H18BrN3O2.2ClH/c18-14-3-1-2-4-15(14)23-16-6-5-13(10-20-16)17(22)21-8-7-12(9-19)11-21;;/h1-6,10,12H,7-9,11,19H2;2*1H. The molecular formula is C17H20BrCl2N3O2. The minimum atomic E-state index is 0. The van der Waals surface area contributed by atoms with Crippen LogP contribution in [0.5, 0.6) is 11.6 Å². The number of carbonyl (C=O) groups excluding carboxylic acids is 1. The van der Waals surface area contributed by atoms with Crippen LogP contribution in [0.25, 0.3) is 0 Å². The molecule has 2 heterocycles. The summed E-state index contributed by atoms with van der Waals surface area (Å²) >= 11 is 3.42. The Bertz CT molecular complexity index is 701. The van der Waals surface area contributed by atoms with E-state index in [2.05, 4.69) is 20.9 Å². The van der Waals surface area contributed by atoms with Crippen molar-refractivity contribution in [1.82, 2.24) is 9.88 Å². The molecule has 5 nitrogen and oxygen atoms in total. The predicted molar refractivity (Wildman–Crippen MR) is 106 cm³/mol. The second kappa shape index (κ2) is 9.97. The van der Waals surface area contributed by atoms with Gasteiger partial charge in [-0.2, -0.15) is 0 Å². The lowest BCUT2D eigenvalue weighted by molar-refractivity contribution is 0.0787. The van der Waals surface area contributed by atoms with E-state index in [1.807, 2.05) is 29.2 Å². The van der Waals surface area contributed by atoms with Crippen LogP contribution in [-0.4, -0.2) is 35.4 Å². The predicted octanol–water partition coefficient (Wildman–Crippen LogP) is 3.90. The minimum absolute atomic E-state index is 0. The van der Waals surface area contributed by atoms with Gasteiger partial charge in [0.1, 0.15) is 5.75 Å². The first-order valence-electron chi connectivity index (χ1n) is 7.55. The topological polar surface area (TPSA) is 68.5 Å². The number of nitrogens with two attached hydrogens (primary N) is 1. The van der Waals surface area contributed by atoms with Gasteiger partial charge in [0.05, 0.1) is 10.0 Å². The third-order valence-electron chi connectivity index (χ3n) is 3.94. The van der Waals surface area contributed by atoms with Crippen molar-refractivity contribution in [2.24, 2.45) is 11.7 Å². The third kappa shape index (κ3) is 5.31. The molecule has 136 valence electrons. The van der Waals surface area contributed by atoms with Crippen molar-refractivity contribution >= 4 is 46.7 Å². The van der Waals surface area contributed by atoms with Gasteiger partial charge in [0.2, 0.25) is 5.88 Å². The number of hydrogen-bond donors (Lipinski definition) is 1. The van der Waals surface area contributed by atoms with E-state index < -0.39 is 0 Å². The Kier molecular flexibility index (Phi) is 8.65. The maximum Gasteiger partial charge on any atom is 0.255 e. The molecule has 2 aromatic rings. The van der Waals surface area contributed by atoms with Crippen LogP contribution in [0.2, 0.25) is 0 Å². The fraction of sp³-hybridized carbons (Fsp3) is 0.294. The van der Waals surface area contributed by atoms with E-state index in [4.69, 9.17) is 10.5 Å².